The van der Waals surface area contributed by atoms with Crippen molar-refractivity contribution < 1.29 is 22.8 Å². The minimum absolute atomic E-state index is 0.0299. The first-order valence-corrected chi connectivity index (χ1v) is 10.7. The molecule has 3 amide bonds. The zero-order valence-corrected chi connectivity index (χ0v) is 16.4. The summed E-state index contributed by atoms with van der Waals surface area (Å²) in [4.78, 5) is 35.6. The van der Waals surface area contributed by atoms with Crippen LogP contribution in [-0.2, 0) is 19.6 Å². The lowest BCUT2D eigenvalue weighted by atomic mass is 10.2. The van der Waals surface area contributed by atoms with Crippen molar-refractivity contribution in [3.63, 3.8) is 0 Å². The van der Waals surface area contributed by atoms with E-state index in [2.05, 4.69) is 16.2 Å². The van der Waals surface area contributed by atoms with Gasteiger partial charge < -0.3 is 5.32 Å². The van der Waals surface area contributed by atoms with Crippen LogP contribution in [0.4, 0.5) is 0 Å². The maximum absolute atomic E-state index is 12.5. The minimum Gasteiger partial charge on any atom is -0.347 e. The lowest BCUT2D eigenvalue weighted by molar-refractivity contribution is -0.127. The molecule has 3 N–H and O–H groups in total. The van der Waals surface area contributed by atoms with E-state index in [4.69, 9.17) is 0 Å². The highest BCUT2D eigenvalue weighted by atomic mass is 32.2. The zero-order valence-electron chi connectivity index (χ0n) is 15.6. The monoisotopic (exact) mass is 408 g/mol. The van der Waals surface area contributed by atoms with E-state index in [1.54, 1.807) is 0 Å². The molecular formula is C18H24N4O5S. The molecule has 0 unspecified atom stereocenters. The van der Waals surface area contributed by atoms with Gasteiger partial charge in [-0.25, -0.2) is 8.42 Å². The molecule has 2 aliphatic rings. The van der Waals surface area contributed by atoms with Crippen LogP contribution in [0.25, 0.3) is 0 Å². The molecule has 1 heterocycles. The van der Waals surface area contributed by atoms with Crippen molar-refractivity contribution in [2.75, 3.05) is 19.6 Å². The quantitative estimate of drug-likeness (QED) is 0.572. The number of hydrogen-bond donors (Lipinski definition) is 3. The summed E-state index contributed by atoms with van der Waals surface area (Å²) in [7, 11) is -3.54. The number of benzene rings is 1. The van der Waals surface area contributed by atoms with Crippen LogP contribution in [0, 0.1) is 11.8 Å². The summed E-state index contributed by atoms with van der Waals surface area (Å²) in [6, 6.07) is 5.53. The molecule has 1 aliphatic heterocycles. The normalized spacial score (nSPS) is 21.8. The molecule has 152 valence electrons. The summed E-state index contributed by atoms with van der Waals surface area (Å²) in [6.07, 6.45) is 2.52. The first kappa shape index (κ1) is 20.3. The fraction of sp³-hybridized carbons (Fsp3) is 0.500. The van der Waals surface area contributed by atoms with Gasteiger partial charge in [-0.15, -0.1) is 0 Å². The van der Waals surface area contributed by atoms with E-state index in [9.17, 15) is 22.8 Å². The Kier molecular flexibility index (Phi) is 5.99. The van der Waals surface area contributed by atoms with Crippen molar-refractivity contribution in [3.05, 3.63) is 29.8 Å². The van der Waals surface area contributed by atoms with E-state index >= 15 is 0 Å². The molecule has 1 saturated heterocycles. The third-order valence-electron chi connectivity index (χ3n) is 5.00. The van der Waals surface area contributed by atoms with Gasteiger partial charge in [0, 0.05) is 24.6 Å². The summed E-state index contributed by atoms with van der Waals surface area (Å²) in [6.45, 7) is 2.75. The van der Waals surface area contributed by atoms with Crippen molar-refractivity contribution >= 4 is 27.7 Å². The molecule has 2 atom stereocenters. The van der Waals surface area contributed by atoms with E-state index < -0.39 is 21.8 Å². The van der Waals surface area contributed by atoms with Crippen LogP contribution in [0.5, 0.6) is 0 Å². The van der Waals surface area contributed by atoms with Gasteiger partial charge in [0.05, 0.1) is 11.4 Å². The number of carbonyl (C=O) groups excluding carboxylic acids is 3. The summed E-state index contributed by atoms with van der Waals surface area (Å²) in [5.41, 5.74) is 4.66. The third kappa shape index (κ3) is 4.68. The molecule has 1 aromatic carbocycles. The van der Waals surface area contributed by atoms with Gasteiger partial charge in [-0.05, 0) is 49.4 Å². The summed E-state index contributed by atoms with van der Waals surface area (Å²) < 4.78 is 26.4. The van der Waals surface area contributed by atoms with Crippen LogP contribution >= 0.6 is 0 Å². The molecule has 3 rings (SSSR count). The Morgan fingerprint density at radius 3 is 2.25 bits per heavy atom. The number of nitrogens with one attached hydrogen (secondary N) is 3. The van der Waals surface area contributed by atoms with Gasteiger partial charge in [-0.2, -0.15) is 4.31 Å². The van der Waals surface area contributed by atoms with Crippen molar-refractivity contribution in [2.45, 2.75) is 31.1 Å². The Balaban J connectivity index is 1.47. The highest BCUT2D eigenvalue weighted by Gasteiger charge is 2.39. The molecule has 1 saturated carbocycles. The number of hydrogen-bond acceptors (Lipinski definition) is 5. The first-order valence-electron chi connectivity index (χ1n) is 9.26. The Labute approximate surface area is 163 Å². The van der Waals surface area contributed by atoms with Crippen LogP contribution in [0.2, 0.25) is 0 Å². The molecule has 28 heavy (non-hydrogen) atoms. The van der Waals surface area contributed by atoms with E-state index in [1.807, 2.05) is 6.92 Å². The van der Waals surface area contributed by atoms with Crippen LogP contribution in [0.3, 0.4) is 0 Å². The highest BCUT2D eigenvalue weighted by Crippen LogP contribution is 2.37. The summed E-state index contributed by atoms with van der Waals surface area (Å²) in [5.74, 6) is -0.981. The molecule has 1 aromatic rings. The van der Waals surface area contributed by atoms with Gasteiger partial charge in [-0.1, -0.05) is 6.92 Å². The number of amides is 3. The largest absolute Gasteiger partial charge is 0.347 e. The van der Waals surface area contributed by atoms with Crippen molar-refractivity contribution in [3.8, 4) is 0 Å². The minimum atomic E-state index is -3.54. The number of carbonyl (C=O) groups is 3. The lowest BCUT2D eigenvalue weighted by Crippen LogP contribution is -2.46. The predicted octanol–water partition coefficient (Wildman–Crippen LogP) is 0.00430. The Hall–Kier alpha value is -2.46. The molecule has 0 radical (unpaired) electrons. The van der Waals surface area contributed by atoms with Gasteiger partial charge in [0.15, 0.2) is 0 Å². The van der Waals surface area contributed by atoms with Crippen LogP contribution in [0.1, 0.15) is 36.5 Å². The highest BCUT2D eigenvalue weighted by molar-refractivity contribution is 7.89. The molecular weight excluding hydrogens is 384 g/mol. The average molecular weight is 408 g/mol. The molecule has 10 heteroatoms. The second kappa shape index (κ2) is 8.27. The predicted molar refractivity (Wildman–Crippen MR) is 100 cm³/mol. The van der Waals surface area contributed by atoms with Gasteiger partial charge in [0.2, 0.25) is 15.9 Å². The van der Waals surface area contributed by atoms with Crippen molar-refractivity contribution in [1.82, 2.24) is 20.5 Å². The molecule has 0 spiro atoms. The topological polar surface area (TPSA) is 125 Å². The maximum atomic E-state index is 12.5. The van der Waals surface area contributed by atoms with Crippen LogP contribution in [-0.4, -0.2) is 50.1 Å². The van der Waals surface area contributed by atoms with Crippen molar-refractivity contribution in [2.24, 2.45) is 11.8 Å². The second-order valence-corrected chi connectivity index (χ2v) is 9.11. The standard InChI is InChI=1S/C18H24N4O5S/c1-12-10-15(12)18(25)19-11-16(23)20-21-17(24)13-4-6-14(7-5-13)28(26,27)22-8-2-3-9-22/h4-7,12,15H,2-3,8-11H2,1H3,(H,19,25)(H,20,23)(H,21,24)/t12-,15+/m1/s1. The van der Waals surface area contributed by atoms with E-state index in [-0.39, 0.29) is 28.8 Å². The number of sulfonamides is 1. The molecule has 2 fully saturated rings. The average Bonchev–Trinajstić information content (AvgIpc) is 3.17. The van der Waals surface area contributed by atoms with E-state index in [1.165, 1.54) is 28.6 Å². The zero-order chi connectivity index (χ0) is 20.3. The lowest BCUT2D eigenvalue weighted by Gasteiger charge is -2.15. The molecule has 0 aromatic heterocycles. The Morgan fingerprint density at radius 1 is 1.07 bits per heavy atom. The maximum Gasteiger partial charge on any atom is 0.269 e. The number of hydrazine groups is 1. The number of rotatable bonds is 6. The SMILES string of the molecule is C[C@@H]1C[C@@H]1C(=O)NCC(=O)NNC(=O)c1ccc(S(=O)(=O)N2CCCC2)cc1. The number of nitrogens with zero attached hydrogens (tertiary/aromatic N) is 1. The van der Waals surface area contributed by atoms with Crippen molar-refractivity contribution in [1.29, 1.82) is 0 Å². The fourth-order valence-electron chi connectivity index (χ4n) is 3.08. The second-order valence-electron chi connectivity index (χ2n) is 7.18. The van der Waals surface area contributed by atoms with Gasteiger partial charge in [0.25, 0.3) is 11.8 Å². The summed E-state index contributed by atoms with van der Waals surface area (Å²) >= 11 is 0. The summed E-state index contributed by atoms with van der Waals surface area (Å²) in [5, 5.41) is 2.52. The Morgan fingerprint density at radius 2 is 1.68 bits per heavy atom. The first-order chi connectivity index (χ1) is 13.3. The van der Waals surface area contributed by atoms with E-state index in [0.717, 1.165) is 19.3 Å². The Bertz CT molecular complexity index is 862. The molecule has 9 nitrogen and oxygen atoms in total. The van der Waals surface area contributed by atoms with Gasteiger partial charge >= 0.3 is 0 Å². The van der Waals surface area contributed by atoms with Crippen LogP contribution in [0.15, 0.2) is 29.2 Å². The van der Waals surface area contributed by atoms with Gasteiger partial charge in [0.1, 0.15) is 0 Å². The van der Waals surface area contributed by atoms with E-state index in [0.29, 0.717) is 19.0 Å². The third-order valence-corrected chi connectivity index (χ3v) is 6.92. The smallest absolute Gasteiger partial charge is 0.269 e. The van der Waals surface area contributed by atoms with Crippen LogP contribution < -0.4 is 16.2 Å². The van der Waals surface area contributed by atoms with Gasteiger partial charge in [-0.3, -0.25) is 25.2 Å². The molecule has 0 bridgehead atoms. The molecule has 1 aliphatic carbocycles. The fourth-order valence-corrected chi connectivity index (χ4v) is 4.60.